The molecule has 0 saturated carbocycles. The molecule has 4 heterocycles. The summed E-state index contributed by atoms with van der Waals surface area (Å²) in [6.45, 7) is 6.30. The average molecular weight is 565 g/mol. The largest absolute Gasteiger partial charge is 0.416 e. The predicted octanol–water partition coefficient (Wildman–Crippen LogP) is 3.66. The van der Waals surface area contributed by atoms with Crippen LogP contribution < -0.4 is 10.6 Å². The molecule has 3 aromatic rings. The second-order valence-corrected chi connectivity index (χ2v) is 12.0. The van der Waals surface area contributed by atoms with Crippen molar-refractivity contribution in [3.8, 4) is 0 Å². The third-order valence-corrected chi connectivity index (χ3v) is 8.71. The monoisotopic (exact) mass is 564 g/mol. The van der Waals surface area contributed by atoms with Crippen molar-refractivity contribution in [2.24, 2.45) is 5.92 Å². The highest BCUT2D eigenvalue weighted by atomic mass is 32.2. The minimum atomic E-state index is -4.43. The van der Waals surface area contributed by atoms with Gasteiger partial charge in [0.2, 0.25) is 0 Å². The molecule has 2 saturated heterocycles. The van der Waals surface area contributed by atoms with Gasteiger partial charge >= 0.3 is 6.18 Å². The highest BCUT2D eigenvalue weighted by molar-refractivity contribution is 7.84. The van der Waals surface area contributed by atoms with Gasteiger partial charge in [-0.05, 0) is 56.0 Å². The molecular weight excluding hydrogens is 529 g/mol. The molecule has 212 valence electrons. The van der Waals surface area contributed by atoms with Crippen LogP contribution in [0.4, 0.5) is 24.7 Å². The Morgan fingerprint density at radius 2 is 1.87 bits per heavy atom. The van der Waals surface area contributed by atoms with E-state index in [-0.39, 0.29) is 12.0 Å². The summed E-state index contributed by atoms with van der Waals surface area (Å²) in [6, 6.07) is 6.12. The number of anilines is 2. The first-order chi connectivity index (χ1) is 18.6. The van der Waals surface area contributed by atoms with Crippen molar-refractivity contribution in [3.05, 3.63) is 52.3 Å². The summed E-state index contributed by atoms with van der Waals surface area (Å²) in [4.78, 5) is 9.28. The first-order valence-electron chi connectivity index (χ1n) is 13.3. The van der Waals surface area contributed by atoms with Crippen molar-refractivity contribution in [1.82, 2.24) is 19.5 Å². The fourth-order valence-corrected chi connectivity index (χ4v) is 6.58. The van der Waals surface area contributed by atoms with Gasteiger partial charge in [0.25, 0.3) is 0 Å². The van der Waals surface area contributed by atoms with Crippen LogP contribution in [0, 0.1) is 12.8 Å². The van der Waals surface area contributed by atoms with Gasteiger partial charge in [0, 0.05) is 54.9 Å². The Balaban J connectivity index is 1.52. The zero-order valence-electron chi connectivity index (χ0n) is 22.3. The Hall–Kier alpha value is -2.70. The molecule has 0 amide bonds. The normalized spacial score (nSPS) is 18.6. The zero-order chi connectivity index (χ0) is 27.7. The van der Waals surface area contributed by atoms with Crippen LogP contribution in [0.1, 0.15) is 40.9 Å². The first-order valence-corrected chi connectivity index (χ1v) is 15.0. The van der Waals surface area contributed by atoms with Crippen molar-refractivity contribution in [3.63, 3.8) is 0 Å². The van der Waals surface area contributed by atoms with Crippen LogP contribution in [0.2, 0.25) is 0 Å². The number of fused-ring (bicyclic) bond motifs is 1. The molecule has 2 N–H and O–H groups in total. The Morgan fingerprint density at radius 3 is 2.54 bits per heavy atom. The molecular formula is C27H35F3N6O2S. The smallest absolute Gasteiger partial charge is 0.396 e. The number of rotatable bonds is 7. The van der Waals surface area contributed by atoms with E-state index in [4.69, 9.17) is 20.6 Å². The van der Waals surface area contributed by atoms with Crippen LogP contribution in [0.3, 0.4) is 0 Å². The number of nitrogen functional groups attached to an aromatic ring is 1. The molecule has 0 spiro atoms. The van der Waals surface area contributed by atoms with Gasteiger partial charge < -0.3 is 15.4 Å². The van der Waals surface area contributed by atoms with E-state index in [1.54, 1.807) is 16.8 Å². The second kappa shape index (κ2) is 11.4. The number of hydrogen-bond donors (Lipinski definition) is 1. The summed E-state index contributed by atoms with van der Waals surface area (Å²) in [5.41, 5.74) is 9.12. The van der Waals surface area contributed by atoms with E-state index in [0.29, 0.717) is 67.2 Å². The maximum atomic E-state index is 13.7. The lowest BCUT2D eigenvalue weighted by Crippen LogP contribution is -2.37. The van der Waals surface area contributed by atoms with Gasteiger partial charge in [-0.25, -0.2) is 9.50 Å². The first kappa shape index (κ1) is 27.9. The van der Waals surface area contributed by atoms with Gasteiger partial charge in [-0.1, -0.05) is 12.1 Å². The van der Waals surface area contributed by atoms with Crippen LogP contribution in [0.25, 0.3) is 5.65 Å². The summed E-state index contributed by atoms with van der Waals surface area (Å²) in [6.07, 6.45) is -0.529. The maximum Gasteiger partial charge on any atom is 0.416 e. The van der Waals surface area contributed by atoms with Crippen molar-refractivity contribution in [1.29, 1.82) is 0 Å². The average Bonchev–Trinajstić information content (AvgIpc) is 3.23. The zero-order valence-corrected chi connectivity index (χ0v) is 23.2. The van der Waals surface area contributed by atoms with Crippen molar-refractivity contribution in [2.45, 2.75) is 38.9 Å². The highest BCUT2D eigenvalue weighted by Crippen LogP contribution is 2.34. The lowest BCUT2D eigenvalue weighted by molar-refractivity contribution is -0.138. The third-order valence-electron chi connectivity index (χ3n) is 7.77. The fourth-order valence-electron chi connectivity index (χ4n) is 5.59. The van der Waals surface area contributed by atoms with Gasteiger partial charge in [0.05, 0.1) is 35.9 Å². The molecule has 2 fully saturated rings. The molecule has 0 aliphatic carbocycles. The number of benzene rings is 1. The number of hydrogen-bond acceptors (Lipinski definition) is 7. The number of imidazole rings is 1. The number of morpholine rings is 1. The number of ether oxygens (including phenoxy) is 1. The van der Waals surface area contributed by atoms with Crippen molar-refractivity contribution in [2.75, 3.05) is 62.0 Å². The topological polar surface area (TPSA) is 89.0 Å². The van der Waals surface area contributed by atoms with Crippen LogP contribution in [0.15, 0.2) is 24.3 Å². The summed E-state index contributed by atoms with van der Waals surface area (Å²) < 4.78 is 59.9. The number of alkyl halides is 3. The van der Waals surface area contributed by atoms with E-state index in [9.17, 15) is 17.4 Å². The van der Waals surface area contributed by atoms with Gasteiger partial charge in [0.1, 0.15) is 0 Å². The van der Waals surface area contributed by atoms with Gasteiger partial charge in [-0.15, -0.1) is 5.10 Å². The SMILES string of the molecule is Cc1c(Cc2c(CN3CCC(CS(C)=O)CC3)nc3c(N)cc(N4CCOCC4)nn23)cccc1C(F)(F)F. The van der Waals surface area contributed by atoms with Crippen LogP contribution >= 0.6 is 0 Å². The number of aromatic nitrogens is 3. The Labute approximate surface area is 228 Å². The van der Waals surface area contributed by atoms with Crippen molar-refractivity contribution < 1.29 is 22.1 Å². The second-order valence-electron chi connectivity index (χ2n) is 10.5. The minimum absolute atomic E-state index is 0.205. The van der Waals surface area contributed by atoms with Crippen LogP contribution in [-0.4, -0.2) is 75.1 Å². The third kappa shape index (κ3) is 6.22. The molecule has 1 aromatic carbocycles. The molecule has 1 atom stereocenters. The molecule has 5 rings (SSSR count). The Kier molecular flexibility index (Phi) is 8.16. The minimum Gasteiger partial charge on any atom is -0.396 e. The van der Waals surface area contributed by atoms with Crippen molar-refractivity contribution >= 4 is 28.0 Å². The highest BCUT2D eigenvalue weighted by Gasteiger charge is 2.33. The van der Waals surface area contributed by atoms with E-state index in [1.807, 2.05) is 6.07 Å². The van der Waals surface area contributed by atoms with E-state index in [2.05, 4.69) is 9.80 Å². The Bertz CT molecular complexity index is 1350. The summed E-state index contributed by atoms with van der Waals surface area (Å²) >= 11 is 0. The van der Waals surface area contributed by atoms with E-state index in [0.717, 1.165) is 43.4 Å². The molecule has 8 nitrogen and oxygen atoms in total. The predicted molar refractivity (Wildman–Crippen MR) is 146 cm³/mol. The lowest BCUT2D eigenvalue weighted by atomic mass is 9.97. The molecule has 2 aliphatic heterocycles. The van der Waals surface area contributed by atoms with E-state index in [1.165, 1.54) is 13.0 Å². The van der Waals surface area contributed by atoms with E-state index < -0.39 is 22.5 Å². The van der Waals surface area contributed by atoms with Crippen LogP contribution in [0.5, 0.6) is 0 Å². The summed E-state index contributed by atoms with van der Waals surface area (Å²) in [5, 5.41) is 4.89. The molecule has 0 radical (unpaired) electrons. The number of likely N-dealkylation sites (tertiary alicyclic amines) is 1. The quantitative estimate of drug-likeness (QED) is 0.469. The lowest BCUT2D eigenvalue weighted by Gasteiger charge is -2.31. The number of nitrogens with zero attached hydrogens (tertiary/aromatic N) is 5. The molecule has 2 aliphatic rings. The van der Waals surface area contributed by atoms with E-state index >= 15 is 0 Å². The number of nitrogens with two attached hydrogens (primary N) is 1. The molecule has 39 heavy (non-hydrogen) atoms. The van der Waals surface area contributed by atoms with Crippen LogP contribution in [-0.2, 0) is 34.7 Å². The molecule has 12 heteroatoms. The molecule has 1 unspecified atom stereocenters. The molecule has 0 bridgehead atoms. The maximum absolute atomic E-state index is 13.7. The summed E-state index contributed by atoms with van der Waals surface area (Å²) in [5.74, 6) is 1.85. The van der Waals surface area contributed by atoms with Gasteiger partial charge in [-0.2, -0.15) is 13.2 Å². The van der Waals surface area contributed by atoms with Gasteiger partial charge in [-0.3, -0.25) is 9.11 Å². The molecule has 2 aromatic heterocycles. The standard InChI is InChI=1S/C27H35F3N6O2S/c1-18-20(4-3-5-21(18)27(28,29)30)14-24-23(16-34-8-6-19(7-9-34)17-39(2)37)32-26-22(31)15-25(33-36(24)26)35-10-12-38-13-11-35/h3-5,15,19H,6-14,16-17,31H2,1-2H3. The fraction of sp³-hybridized carbons (Fsp3) is 0.556. The number of piperidine rings is 1. The number of halogens is 3. The Morgan fingerprint density at radius 1 is 1.15 bits per heavy atom. The summed E-state index contributed by atoms with van der Waals surface area (Å²) in [7, 11) is -0.815. The van der Waals surface area contributed by atoms with Gasteiger partial charge in [0.15, 0.2) is 11.5 Å².